The molecule has 0 spiro atoms. The second-order valence-corrected chi connectivity index (χ2v) is 3.75. The molecule has 10 heavy (non-hydrogen) atoms. The smallest absolute Gasteiger partial charge is 0.205 e. The standard InChI is InChI=1S/C6H13NO2S/c1-4-6(5-2)7-10(3,8)9/h4-5H2,1-3H3. The molecule has 0 atom stereocenters. The molecule has 0 heterocycles. The van der Waals surface area contributed by atoms with Crippen LogP contribution >= 0.6 is 0 Å². The molecule has 0 aliphatic rings. The van der Waals surface area contributed by atoms with Crippen LogP contribution < -0.4 is 0 Å². The van der Waals surface area contributed by atoms with Gasteiger partial charge >= 0.3 is 0 Å². The van der Waals surface area contributed by atoms with Crippen molar-refractivity contribution in [1.82, 2.24) is 0 Å². The van der Waals surface area contributed by atoms with Crippen molar-refractivity contribution in [2.24, 2.45) is 4.40 Å². The second kappa shape index (κ2) is 3.71. The maximum absolute atomic E-state index is 10.6. The van der Waals surface area contributed by atoms with Gasteiger partial charge in [-0.25, -0.2) is 8.42 Å². The van der Waals surface area contributed by atoms with Crippen molar-refractivity contribution in [2.45, 2.75) is 26.7 Å². The van der Waals surface area contributed by atoms with Crippen LogP contribution in [0.4, 0.5) is 0 Å². The van der Waals surface area contributed by atoms with Crippen LogP contribution in [0.2, 0.25) is 0 Å². The normalized spacial score (nSPS) is 11.1. The van der Waals surface area contributed by atoms with Gasteiger partial charge in [-0.1, -0.05) is 13.8 Å². The lowest BCUT2D eigenvalue weighted by Gasteiger charge is -1.95. The van der Waals surface area contributed by atoms with E-state index >= 15 is 0 Å². The van der Waals surface area contributed by atoms with E-state index in [0.717, 1.165) is 12.0 Å². The van der Waals surface area contributed by atoms with E-state index in [0.29, 0.717) is 12.8 Å². The Balaban J connectivity index is 4.42. The summed E-state index contributed by atoms with van der Waals surface area (Å²) in [5.74, 6) is 0. The summed E-state index contributed by atoms with van der Waals surface area (Å²) < 4.78 is 24.7. The van der Waals surface area contributed by atoms with Crippen LogP contribution in [0.15, 0.2) is 4.40 Å². The lowest BCUT2D eigenvalue weighted by molar-refractivity contribution is 0.603. The van der Waals surface area contributed by atoms with Crippen LogP contribution in [0.5, 0.6) is 0 Å². The Labute approximate surface area is 62.2 Å². The highest BCUT2D eigenvalue weighted by Gasteiger charge is 1.98. The van der Waals surface area contributed by atoms with Crippen LogP contribution in [0.3, 0.4) is 0 Å². The Kier molecular flexibility index (Phi) is 3.57. The number of hydrogen-bond acceptors (Lipinski definition) is 2. The molecule has 0 fully saturated rings. The Morgan fingerprint density at radius 3 is 1.80 bits per heavy atom. The van der Waals surface area contributed by atoms with Crippen molar-refractivity contribution >= 4 is 15.7 Å². The third kappa shape index (κ3) is 4.49. The van der Waals surface area contributed by atoms with Gasteiger partial charge in [0, 0.05) is 5.71 Å². The maximum atomic E-state index is 10.6. The Bertz CT molecular complexity index is 210. The average Bonchev–Trinajstić information content (AvgIpc) is 1.81. The van der Waals surface area contributed by atoms with E-state index in [-0.39, 0.29) is 0 Å². The molecule has 0 bridgehead atoms. The molecule has 60 valence electrons. The van der Waals surface area contributed by atoms with Crippen LogP contribution in [-0.4, -0.2) is 20.4 Å². The number of hydrogen-bond donors (Lipinski definition) is 0. The van der Waals surface area contributed by atoms with Gasteiger partial charge in [0.05, 0.1) is 6.26 Å². The summed E-state index contributed by atoms with van der Waals surface area (Å²) >= 11 is 0. The number of nitrogens with zero attached hydrogens (tertiary/aromatic N) is 1. The highest BCUT2D eigenvalue weighted by Crippen LogP contribution is 1.95. The van der Waals surface area contributed by atoms with Gasteiger partial charge in [0.2, 0.25) is 10.0 Å². The summed E-state index contributed by atoms with van der Waals surface area (Å²) in [6.07, 6.45) is 2.53. The van der Waals surface area contributed by atoms with Gasteiger partial charge in [0.25, 0.3) is 0 Å². The fraction of sp³-hybridized carbons (Fsp3) is 0.833. The fourth-order valence-corrected chi connectivity index (χ4v) is 1.34. The van der Waals surface area contributed by atoms with Crippen molar-refractivity contribution in [3.63, 3.8) is 0 Å². The lowest BCUT2D eigenvalue weighted by atomic mass is 10.2. The predicted octanol–water partition coefficient (Wildman–Crippen LogP) is 1.21. The first-order valence-corrected chi connectivity index (χ1v) is 5.12. The number of sulfonamides is 1. The van der Waals surface area contributed by atoms with Gasteiger partial charge < -0.3 is 0 Å². The lowest BCUT2D eigenvalue weighted by Crippen LogP contribution is -1.99. The molecule has 0 unspecified atom stereocenters. The monoisotopic (exact) mass is 163 g/mol. The zero-order valence-electron chi connectivity index (χ0n) is 6.59. The van der Waals surface area contributed by atoms with Crippen molar-refractivity contribution in [3.05, 3.63) is 0 Å². The summed E-state index contributed by atoms with van der Waals surface area (Å²) in [6, 6.07) is 0. The topological polar surface area (TPSA) is 46.5 Å². The molecule has 0 rings (SSSR count). The molecule has 0 radical (unpaired) electrons. The zero-order chi connectivity index (χ0) is 8.20. The molecule has 0 aromatic carbocycles. The molecule has 0 saturated carbocycles. The van der Waals surface area contributed by atoms with E-state index in [4.69, 9.17) is 0 Å². The van der Waals surface area contributed by atoms with Crippen LogP contribution in [-0.2, 0) is 10.0 Å². The molecule has 0 aliphatic heterocycles. The van der Waals surface area contributed by atoms with E-state index in [9.17, 15) is 8.42 Å². The van der Waals surface area contributed by atoms with Gasteiger partial charge in [-0.3, -0.25) is 0 Å². The SMILES string of the molecule is CCC(CC)=NS(C)(=O)=O. The van der Waals surface area contributed by atoms with E-state index in [2.05, 4.69) is 4.40 Å². The summed E-state index contributed by atoms with van der Waals surface area (Å²) in [6.45, 7) is 3.79. The predicted molar refractivity (Wildman–Crippen MR) is 42.9 cm³/mol. The molecule has 0 N–H and O–H groups in total. The van der Waals surface area contributed by atoms with Gasteiger partial charge in [-0.15, -0.1) is 0 Å². The van der Waals surface area contributed by atoms with E-state index in [1.807, 2.05) is 13.8 Å². The summed E-state index contributed by atoms with van der Waals surface area (Å²) in [5.41, 5.74) is 0.738. The quantitative estimate of drug-likeness (QED) is 0.587. The third-order valence-electron chi connectivity index (χ3n) is 1.11. The van der Waals surface area contributed by atoms with E-state index in [1.54, 1.807) is 0 Å². The molecule has 0 saturated heterocycles. The maximum Gasteiger partial charge on any atom is 0.250 e. The van der Waals surface area contributed by atoms with Gasteiger partial charge in [-0.05, 0) is 12.8 Å². The fourth-order valence-electron chi connectivity index (χ4n) is 0.614. The van der Waals surface area contributed by atoms with Gasteiger partial charge in [-0.2, -0.15) is 4.40 Å². The molecule has 0 amide bonds. The largest absolute Gasteiger partial charge is 0.250 e. The van der Waals surface area contributed by atoms with Crippen LogP contribution in [0, 0.1) is 0 Å². The van der Waals surface area contributed by atoms with Gasteiger partial charge in [0.15, 0.2) is 0 Å². The minimum atomic E-state index is -3.16. The summed E-state index contributed by atoms with van der Waals surface area (Å²) in [5, 5.41) is 0. The molecule has 3 nitrogen and oxygen atoms in total. The van der Waals surface area contributed by atoms with Crippen LogP contribution in [0.25, 0.3) is 0 Å². The Morgan fingerprint density at radius 1 is 1.30 bits per heavy atom. The van der Waals surface area contributed by atoms with Crippen molar-refractivity contribution < 1.29 is 8.42 Å². The second-order valence-electron chi connectivity index (χ2n) is 2.10. The average molecular weight is 163 g/mol. The highest BCUT2D eigenvalue weighted by atomic mass is 32.2. The van der Waals surface area contributed by atoms with Gasteiger partial charge in [0.1, 0.15) is 0 Å². The molecular weight excluding hydrogens is 150 g/mol. The summed E-state index contributed by atoms with van der Waals surface area (Å²) in [4.78, 5) is 0. The third-order valence-corrected chi connectivity index (χ3v) is 1.70. The minimum absolute atomic E-state index is 0.712. The first kappa shape index (κ1) is 9.62. The molecule has 0 aliphatic carbocycles. The van der Waals surface area contributed by atoms with E-state index in [1.165, 1.54) is 0 Å². The Morgan fingerprint density at radius 2 is 1.70 bits per heavy atom. The first-order chi connectivity index (χ1) is 4.49. The summed E-state index contributed by atoms with van der Waals surface area (Å²) in [7, 11) is -3.16. The number of rotatable bonds is 3. The first-order valence-electron chi connectivity index (χ1n) is 3.27. The molecule has 0 aromatic heterocycles. The van der Waals surface area contributed by atoms with Crippen LogP contribution in [0.1, 0.15) is 26.7 Å². The highest BCUT2D eigenvalue weighted by molar-refractivity contribution is 7.89. The zero-order valence-corrected chi connectivity index (χ0v) is 7.40. The Hall–Kier alpha value is -0.380. The van der Waals surface area contributed by atoms with Crippen molar-refractivity contribution in [2.75, 3.05) is 6.26 Å². The molecule has 4 heteroatoms. The van der Waals surface area contributed by atoms with Crippen molar-refractivity contribution in [1.29, 1.82) is 0 Å². The van der Waals surface area contributed by atoms with Crippen molar-refractivity contribution in [3.8, 4) is 0 Å². The molecular formula is C6H13NO2S. The molecule has 0 aromatic rings. The minimum Gasteiger partial charge on any atom is -0.205 e. The van der Waals surface area contributed by atoms with E-state index < -0.39 is 10.0 Å².